The monoisotopic (exact) mass is 299 g/mol. The lowest BCUT2D eigenvalue weighted by atomic mass is 9.72. The van der Waals surface area contributed by atoms with E-state index in [2.05, 4.69) is 6.07 Å². The number of rotatable bonds is 3. The predicted molar refractivity (Wildman–Crippen MR) is 84.0 cm³/mol. The summed E-state index contributed by atoms with van der Waals surface area (Å²) in [6, 6.07) is 5.92. The standard InChI is InChI=1S/C16H23Cl2N/c17-14-8-6-7-13(15(14)18)11-16(12-19)9-4-2-1-3-5-10-16/h6-8H,1-5,9-12,19H2. The largest absolute Gasteiger partial charge is 0.330 e. The predicted octanol–water partition coefficient (Wildman–Crippen LogP) is 5.23. The Labute approximate surface area is 126 Å². The Kier molecular flexibility index (Phi) is 5.56. The van der Waals surface area contributed by atoms with Gasteiger partial charge in [-0.2, -0.15) is 0 Å². The summed E-state index contributed by atoms with van der Waals surface area (Å²) < 4.78 is 0. The van der Waals surface area contributed by atoms with E-state index < -0.39 is 0 Å². The van der Waals surface area contributed by atoms with Crippen molar-refractivity contribution in [1.82, 2.24) is 0 Å². The highest BCUT2D eigenvalue weighted by Crippen LogP contribution is 2.39. The summed E-state index contributed by atoms with van der Waals surface area (Å²) in [7, 11) is 0. The molecule has 1 aromatic carbocycles. The fourth-order valence-corrected chi connectivity index (χ4v) is 3.58. The Balaban J connectivity index is 2.18. The molecule has 0 radical (unpaired) electrons. The molecular weight excluding hydrogens is 277 g/mol. The highest BCUT2D eigenvalue weighted by molar-refractivity contribution is 6.42. The number of hydrogen-bond acceptors (Lipinski definition) is 1. The number of halogens is 2. The minimum absolute atomic E-state index is 0.217. The first-order valence-electron chi connectivity index (χ1n) is 7.30. The average Bonchev–Trinajstić information content (AvgIpc) is 2.38. The topological polar surface area (TPSA) is 26.0 Å². The quantitative estimate of drug-likeness (QED) is 0.813. The molecular formula is C16H23Cl2N. The molecule has 0 bridgehead atoms. The van der Waals surface area contributed by atoms with Crippen molar-refractivity contribution in [2.75, 3.05) is 6.54 Å². The molecule has 1 fully saturated rings. The molecule has 0 aliphatic heterocycles. The van der Waals surface area contributed by atoms with E-state index >= 15 is 0 Å². The van der Waals surface area contributed by atoms with Gasteiger partial charge in [-0.15, -0.1) is 0 Å². The van der Waals surface area contributed by atoms with E-state index in [1.807, 2.05) is 12.1 Å². The summed E-state index contributed by atoms with van der Waals surface area (Å²) in [5.41, 5.74) is 7.49. The molecule has 1 aliphatic rings. The molecule has 1 nitrogen and oxygen atoms in total. The molecule has 2 N–H and O–H groups in total. The molecule has 3 heteroatoms. The molecule has 19 heavy (non-hydrogen) atoms. The van der Waals surface area contributed by atoms with E-state index in [9.17, 15) is 0 Å². The molecule has 1 saturated carbocycles. The maximum atomic E-state index is 6.33. The van der Waals surface area contributed by atoms with E-state index in [-0.39, 0.29) is 5.41 Å². The Morgan fingerprint density at radius 3 is 2.26 bits per heavy atom. The number of hydrogen-bond donors (Lipinski definition) is 1. The van der Waals surface area contributed by atoms with Crippen LogP contribution < -0.4 is 5.73 Å². The van der Waals surface area contributed by atoms with Crippen LogP contribution in [0.4, 0.5) is 0 Å². The van der Waals surface area contributed by atoms with Gasteiger partial charge in [-0.3, -0.25) is 0 Å². The second-order valence-corrected chi connectivity index (χ2v) is 6.65. The van der Waals surface area contributed by atoms with E-state index in [1.165, 1.54) is 44.9 Å². The third-order valence-corrected chi connectivity index (χ3v) is 5.30. The normalized spacial score (nSPS) is 19.7. The van der Waals surface area contributed by atoms with Gasteiger partial charge in [0, 0.05) is 0 Å². The van der Waals surface area contributed by atoms with Crippen LogP contribution in [0.15, 0.2) is 18.2 Å². The Morgan fingerprint density at radius 2 is 1.63 bits per heavy atom. The first-order chi connectivity index (χ1) is 9.17. The zero-order valence-corrected chi connectivity index (χ0v) is 12.9. The van der Waals surface area contributed by atoms with Crippen LogP contribution in [0, 0.1) is 5.41 Å². The molecule has 0 amide bonds. The van der Waals surface area contributed by atoms with Crippen LogP contribution in [0.25, 0.3) is 0 Å². The van der Waals surface area contributed by atoms with Gasteiger partial charge in [-0.1, -0.05) is 67.4 Å². The van der Waals surface area contributed by atoms with Gasteiger partial charge in [0.2, 0.25) is 0 Å². The smallest absolute Gasteiger partial charge is 0.0624 e. The summed E-state index contributed by atoms with van der Waals surface area (Å²) in [5, 5.41) is 1.36. The van der Waals surface area contributed by atoms with Crippen molar-refractivity contribution in [3.63, 3.8) is 0 Å². The molecule has 106 valence electrons. The van der Waals surface area contributed by atoms with Crippen LogP contribution in [0.1, 0.15) is 50.5 Å². The third-order valence-electron chi connectivity index (χ3n) is 4.44. The lowest BCUT2D eigenvalue weighted by Gasteiger charge is -2.35. The molecule has 0 aromatic heterocycles. The minimum Gasteiger partial charge on any atom is -0.330 e. The summed E-state index contributed by atoms with van der Waals surface area (Å²) in [6.45, 7) is 0.746. The first-order valence-corrected chi connectivity index (χ1v) is 8.05. The van der Waals surface area contributed by atoms with E-state index in [1.54, 1.807) is 0 Å². The van der Waals surface area contributed by atoms with Crippen LogP contribution in [0.5, 0.6) is 0 Å². The van der Waals surface area contributed by atoms with Crippen LogP contribution in [0.3, 0.4) is 0 Å². The van der Waals surface area contributed by atoms with Crippen molar-refractivity contribution < 1.29 is 0 Å². The Morgan fingerprint density at radius 1 is 1.00 bits per heavy atom. The van der Waals surface area contributed by atoms with Gasteiger partial charge in [0.15, 0.2) is 0 Å². The molecule has 1 aromatic rings. The second-order valence-electron chi connectivity index (χ2n) is 5.86. The van der Waals surface area contributed by atoms with Crippen molar-refractivity contribution in [2.45, 2.75) is 51.4 Å². The van der Waals surface area contributed by atoms with Gasteiger partial charge < -0.3 is 5.73 Å². The van der Waals surface area contributed by atoms with E-state index in [0.717, 1.165) is 18.5 Å². The molecule has 0 saturated heterocycles. The Hall–Kier alpha value is -0.240. The lowest BCUT2D eigenvalue weighted by molar-refractivity contribution is 0.217. The van der Waals surface area contributed by atoms with Gasteiger partial charge in [-0.05, 0) is 42.9 Å². The van der Waals surface area contributed by atoms with Crippen LogP contribution in [-0.4, -0.2) is 6.54 Å². The summed E-state index contributed by atoms with van der Waals surface area (Å²) in [4.78, 5) is 0. The maximum absolute atomic E-state index is 6.33. The van der Waals surface area contributed by atoms with E-state index in [4.69, 9.17) is 28.9 Å². The third kappa shape index (κ3) is 3.87. The molecule has 0 heterocycles. The Bertz CT molecular complexity index is 409. The highest BCUT2D eigenvalue weighted by Gasteiger charge is 2.29. The van der Waals surface area contributed by atoms with Gasteiger partial charge in [0.1, 0.15) is 0 Å². The van der Waals surface area contributed by atoms with Crippen LogP contribution in [0.2, 0.25) is 10.0 Å². The van der Waals surface area contributed by atoms with Crippen LogP contribution >= 0.6 is 23.2 Å². The summed E-state index contributed by atoms with van der Waals surface area (Å²) in [6.07, 6.45) is 10.0. The van der Waals surface area contributed by atoms with Crippen molar-refractivity contribution in [1.29, 1.82) is 0 Å². The minimum atomic E-state index is 0.217. The van der Waals surface area contributed by atoms with E-state index in [0.29, 0.717) is 10.0 Å². The molecule has 0 unspecified atom stereocenters. The molecule has 0 atom stereocenters. The van der Waals surface area contributed by atoms with Gasteiger partial charge >= 0.3 is 0 Å². The summed E-state index contributed by atoms with van der Waals surface area (Å²) >= 11 is 12.4. The summed E-state index contributed by atoms with van der Waals surface area (Å²) in [5.74, 6) is 0. The SMILES string of the molecule is NCC1(Cc2cccc(Cl)c2Cl)CCCCCCC1. The van der Waals surface area contributed by atoms with Crippen molar-refractivity contribution in [2.24, 2.45) is 11.1 Å². The maximum Gasteiger partial charge on any atom is 0.0624 e. The lowest BCUT2D eigenvalue weighted by Crippen LogP contribution is -2.33. The van der Waals surface area contributed by atoms with Gasteiger partial charge in [0.25, 0.3) is 0 Å². The zero-order valence-electron chi connectivity index (χ0n) is 11.4. The fourth-order valence-electron chi connectivity index (χ4n) is 3.20. The first kappa shape index (κ1) is 15.2. The fraction of sp³-hybridized carbons (Fsp3) is 0.625. The number of nitrogens with two attached hydrogens (primary N) is 1. The molecule has 0 spiro atoms. The number of benzene rings is 1. The highest BCUT2D eigenvalue weighted by atomic mass is 35.5. The average molecular weight is 300 g/mol. The van der Waals surface area contributed by atoms with Crippen molar-refractivity contribution in [3.05, 3.63) is 33.8 Å². The zero-order chi connectivity index (χ0) is 13.7. The van der Waals surface area contributed by atoms with Crippen LogP contribution in [-0.2, 0) is 6.42 Å². The van der Waals surface area contributed by atoms with Crippen molar-refractivity contribution >= 4 is 23.2 Å². The second kappa shape index (κ2) is 6.97. The molecule has 1 aliphatic carbocycles. The van der Waals surface area contributed by atoms with Crippen molar-refractivity contribution in [3.8, 4) is 0 Å². The van der Waals surface area contributed by atoms with Gasteiger partial charge in [-0.25, -0.2) is 0 Å². The van der Waals surface area contributed by atoms with Gasteiger partial charge in [0.05, 0.1) is 10.0 Å². The molecule has 2 rings (SSSR count).